The number of carbonyl (C=O) groups excluding carboxylic acids is 1. The van der Waals surface area contributed by atoms with E-state index in [1.165, 1.54) is 16.9 Å². The molecule has 0 saturated heterocycles. The Hall–Kier alpha value is -3.33. The predicted molar refractivity (Wildman–Crippen MR) is 113 cm³/mol. The number of nitrogens with one attached hydrogen (secondary N) is 2. The number of benzene rings is 1. The number of thioether (sulfide) groups is 1. The van der Waals surface area contributed by atoms with Crippen molar-refractivity contribution in [2.45, 2.75) is 25.5 Å². The van der Waals surface area contributed by atoms with Crippen LogP contribution < -0.4 is 10.9 Å². The molecule has 0 spiro atoms. The summed E-state index contributed by atoms with van der Waals surface area (Å²) >= 11 is 1.13. The van der Waals surface area contributed by atoms with E-state index in [4.69, 9.17) is 4.42 Å². The Morgan fingerprint density at radius 2 is 2.13 bits per heavy atom. The maximum atomic E-state index is 13.7. The van der Waals surface area contributed by atoms with Crippen molar-refractivity contribution in [3.63, 3.8) is 0 Å². The van der Waals surface area contributed by atoms with Gasteiger partial charge in [-0.15, -0.1) is 0 Å². The lowest BCUT2D eigenvalue weighted by atomic mass is 10.2. The molecule has 154 valence electrons. The molecule has 3 heterocycles. The Balaban J connectivity index is 1.58. The van der Waals surface area contributed by atoms with Gasteiger partial charge in [0.1, 0.15) is 17.1 Å². The molecule has 0 atom stereocenters. The van der Waals surface area contributed by atoms with E-state index in [2.05, 4.69) is 15.3 Å². The van der Waals surface area contributed by atoms with Crippen LogP contribution in [0.1, 0.15) is 17.0 Å². The molecule has 0 bridgehead atoms. The summed E-state index contributed by atoms with van der Waals surface area (Å²) in [6.45, 7) is 3.69. The first kappa shape index (κ1) is 20.0. The molecule has 2 N–H and O–H groups in total. The summed E-state index contributed by atoms with van der Waals surface area (Å²) in [5.41, 5.74) is 2.40. The first-order valence-corrected chi connectivity index (χ1v) is 10.2. The smallest absolute Gasteiger partial charge is 0.278 e. The van der Waals surface area contributed by atoms with Crippen molar-refractivity contribution < 1.29 is 13.6 Å². The van der Waals surface area contributed by atoms with Gasteiger partial charge in [-0.05, 0) is 49.7 Å². The Bertz CT molecular complexity index is 1280. The summed E-state index contributed by atoms with van der Waals surface area (Å²) in [6, 6.07) is 9.81. The molecular formula is C21H19FN4O3S. The minimum absolute atomic E-state index is 0.00893. The van der Waals surface area contributed by atoms with Gasteiger partial charge in [-0.1, -0.05) is 17.8 Å². The molecule has 1 aromatic carbocycles. The fourth-order valence-electron chi connectivity index (χ4n) is 3.02. The molecule has 0 aliphatic carbocycles. The van der Waals surface area contributed by atoms with Gasteiger partial charge in [0.05, 0.1) is 24.1 Å². The highest BCUT2D eigenvalue weighted by atomic mass is 32.2. The Kier molecular flexibility index (Phi) is 5.45. The molecule has 0 aliphatic rings. The lowest BCUT2D eigenvalue weighted by Crippen LogP contribution is -2.24. The van der Waals surface area contributed by atoms with Crippen molar-refractivity contribution in [1.29, 1.82) is 0 Å². The second-order valence-electron chi connectivity index (χ2n) is 6.88. The largest absolute Gasteiger partial charge is 0.467 e. The van der Waals surface area contributed by atoms with E-state index in [0.29, 0.717) is 33.2 Å². The molecular weight excluding hydrogens is 407 g/mol. The van der Waals surface area contributed by atoms with E-state index in [-0.39, 0.29) is 29.6 Å². The predicted octanol–water partition coefficient (Wildman–Crippen LogP) is 3.85. The van der Waals surface area contributed by atoms with Crippen LogP contribution in [0.5, 0.6) is 0 Å². The molecule has 4 rings (SSSR count). The fourth-order valence-corrected chi connectivity index (χ4v) is 3.82. The number of aromatic amines is 1. The fraction of sp³-hybridized carbons (Fsp3) is 0.190. The molecule has 0 aliphatic heterocycles. The van der Waals surface area contributed by atoms with Crippen molar-refractivity contribution in [3.05, 3.63) is 75.9 Å². The van der Waals surface area contributed by atoms with E-state index >= 15 is 0 Å². The molecule has 0 radical (unpaired) electrons. The highest BCUT2D eigenvalue weighted by molar-refractivity contribution is 7.99. The third kappa shape index (κ3) is 4.16. The summed E-state index contributed by atoms with van der Waals surface area (Å²) < 4.78 is 20.5. The van der Waals surface area contributed by atoms with Crippen LogP contribution in [0.15, 0.2) is 57.0 Å². The lowest BCUT2D eigenvalue weighted by molar-refractivity contribution is -0.113. The average molecular weight is 426 g/mol. The van der Waals surface area contributed by atoms with Crippen LogP contribution in [-0.4, -0.2) is 26.2 Å². The number of aromatic nitrogens is 3. The number of fused-ring (bicyclic) bond motifs is 1. The Morgan fingerprint density at radius 1 is 1.30 bits per heavy atom. The van der Waals surface area contributed by atoms with Gasteiger partial charge < -0.3 is 14.7 Å². The van der Waals surface area contributed by atoms with E-state index < -0.39 is 0 Å². The monoisotopic (exact) mass is 426 g/mol. The first-order valence-electron chi connectivity index (χ1n) is 9.22. The van der Waals surface area contributed by atoms with E-state index in [1.807, 2.05) is 6.92 Å². The minimum Gasteiger partial charge on any atom is -0.467 e. The summed E-state index contributed by atoms with van der Waals surface area (Å²) in [6.07, 6.45) is 1.53. The van der Waals surface area contributed by atoms with Gasteiger partial charge in [-0.3, -0.25) is 14.2 Å². The highest BCUT2D eigenvalue weighted by Gasteiger charge is 2.16. The van der Waals surface area contributed by atoms with Crippen molar-refractivity contribution in [2.75, 3.05) is 11.1 Å². The summed E-state index contributed by atoms with van der Waals surface area (Å²) in [4.78, 5) is 32.9. The number of hydrogen-bond donors (Lipinski definition) is 2. The number of anilines is 1. The van der Waals surface area contributed by atoms with Gasteiger partial charge >= 0.3 is 0 Å². The topological polar surface area (TPSA) is 92.9 Å². The third-order valence-corrected chi connectivity index (χ3v) is 5.50. The number of aryl methyl sites for hydroxylation is 2. The second-order valence-corrected chi connectivity index (χ2v) is 7.82. The van der Waals surface area contributed by atoms with Gasteiger partial charge in [-0.25, -0.2) is 9.37 Å². The number of carbonyl (C=O) groups is 1. The number of rotatable bonds is 6. The van der Waals surface area contributed by atoms with E-state index in [1.54, 1.807) is 37.3 Å². The van der Waals surface area contributed by atoms with Gasteiger partial charge in [0.25, 0.3) is 5.56 Å². The van der Waals surface area contributed by atoms with Gasteiger partial charge in [0.15, 0.2) is 5.16 Å². The average Bonchev–Trinajstić information content (AvgIpc) is 3.35. The first-order chi connectivity index (χ1) is 14.4. The number of hydrogen-bond acceptors (Lipinski definition) is 5. The molecule has 7 nitrogen and oxygen atoms in total. The Labute approximate surface area is 175 Å². The number of furan rings is 1. The van der Waals surface area contributed by atoms with Crippen molar-refractivity contribution >= 4 is 34.4 Å². The molecule has 4 aromatic rings. The van der Waals surface area contributed by atoms with Crippen LogP contribution in [-0.2, 0) is 11.3 Å². The standard InChI is InChI=1S/C21H19FN4O3S/c1-12-5-6-14(9-16(12)22)24-18(27)11-30-21-25-17-8-13(2)23-19(17)20(28)26(21)10-15-4-3-7-29-15/h3-9,23H,10-11H2,1-2H3,(H,24,27). The van der Waals surface area contributed by atoms with Gasteiger partial charge in [0.2, 0.25) is 5.91 Å². The molecule has 0 unspecified atom stereocenters. The number of H-pyrrole nitrogens is 1. The van der Waals surface area contributed by atoms with Crippen molar-refractivity contribution in [2.24, 2.45) is 0 Å². The molecule has 0 fully saturated rings. The maximum Gasteiger partial charge on any atom is 0.278 e. The van der Waals surface area contributed by atoms with Crippen molar-refractivity contribution in [3.8, 4) is 0 Å². The zero-order chi connectivity index (χ0) is 21.3. The molecule has 9 heteroatoms. The SMILES string of the molecule is Cc1cc2nc(SCC(=O)Nc3ccc(C)c(F)c3)n(Cc3ccco3)c(=O)c2[nH]1. The Morgan fingerprint density at radius 3 is 2.87 bits per heavy atom. The molecule has 1 amide bonds. The van der Waals surface area contributed by atoms with Crippen LogP contribution in [0.4, 0.5) is 10.1 Å². The molecule has 3 aromatic heterocycles. The third-order valence-electron chi connectivity index (χ3n) is 4.52. The highest BCUT2D eigenvalue weighted by Crippen LogP contribution is 2.20. The quantitative estimate of drug-likeness (QED) is 0.361. The summed E-state index contributed by atoms with van der Waals surface area (Å²) in [5, 5.41) is 3.06. The van der Waals surface area contributed by atoms with Gasteiger partial charge in [-0.2, -0.15) is 0 Å². The zero-order valence-electron chi connectivity index (χ0n) is 16.4. The normalized spacial score (nSPS) is 11.2. The van der Waals surface area contributed by atoms with Crippen LogP contribution in [0, 0.1) is 19.7 Å². The van der Waals surface area contributed by atoms with Crippen LogP contribution in [0.25, 0.3) is 11.0 Å². The summed E-state index contributed by atoms with van der Waals surface area (Å²) in [7, 11) is 0. The number of amides is 1. The van der Waals surface area contributed by atoms with Crippen LogP contribution in [0.2, 0.25) is 0 Å². The maximum absolute atomic E-state index is 13.7. The number of nitrogens with zero attached hydrogens (tertiary/aromatic N) is 2. The zero-order valence-corrected chi connectivity index (χ0v) is 17.2. The summed E-state index contributed by atoms with van der Waals surface area (Å²) in [5.74, 6) is -0.104. The minimum atomic E-state index is -0.386. The molecule has 30 heavy (non-hydrogen) atoms. The molecule has 0 saturated carbocycles. The van der Waals surface area contributed by atoms with Gasteiger partial charge in [0, 0.05) is 11.4 Å². The van der Waals surface area contributed by atoms with Crippen molar-refractivity contribution in [1.82, 2.24) is 14.5 Å². The lowest BCUT2D eigenvalue weighted by Gasteiger charge is -2.11. The van der Waals surface area contributed by atoms with Crippen LogP contribution in [0.3, 0.4) is 0 Å². The number of halogens is 1. The van der Waals surface area contributed by atoms with E-state index in [9.17, 15) is 14.0 Å². The van der Waals surface area contributed by atoms with Crippen LogP contribution >= 0.6 is 11.8 Å². The second kappa shape index (κ2) is 8.19. The van der Waals surface area contributed by atoms with E-state index in [0.717, 1.165) is 17.5 Å².